The number of likely N-dealkylation sites (tertiary alicyclic amines) is 2. The van der Waals surface area contributed by atoms with Gasteiger partial charge in [-0.15, -0.1) is 0 Å². The van der Waals surface area contributed by atoms with Gasteiger partial charge >= 0.3 is 0 Å². The van der Waals surface area contributed by atoms with Crippen LogP contribution >= 0.6 is 11.3 Å². The normalized spacial score (nSPS) is 27.0. The number of carbonyl (C=O) groups is 1. The first kappa shape index (κ1) is 17.5. The minimum absolute atomic E-state index is 0.0410. The van der Waals surface area contributed by atoms with Gasteiger partial charge in [-0.1, -0.05) is 0 Å². The Labute approximate surface area is 155 Å². The Morgan fingerprint density at radius 3 is 2.76 bits per heavy atom. The fraction of sp³-hybridized carbons (Fsp3) is 0.750. The predicted molar refractivity (Wildman–Crippen MR) is 101 cm³/mol. The quantitative estimate of drug-likeness (QED) is 0.821. The van der Waals surface area contributed by atoms with Crippen LogP contribution in [0.1, 0.15) is 50.5 Å². The summed E-state index contributed by atoms with van der Waals surface area (Å²) >= 11 is 1.78. The average molecular weight is 363 g/mol. The Bertz CT molecular complexity index is 560. The molecule has 0 aliphatic carbocycles. The monoisotopic (exact) mass is 362 g/mol. The van der Waals surface area contributed by atoms with Gasteiger partial charge in [0.15, 0.2) is 0 Å². The second-order valence-electron chi connectivity index (χ2n) is 8.09. The average Bonchev–Trinajstić information content (AvgIpc) is 3.31. The van der Waals surface area contributed by atoms with Crippen molar-refractivity contribution < 1.29 is 9.53 Å². The molecule has 4 rings (SSSR count). The van der Waals surface area contributed by atoms with E-state index in [-0.39, 0.29) is 5.60 Å². The summed E-state index contributed by atoms with van der Waals surface area (Å²) in [4.78, 5) is 17.1. The molecule has 1 amide bonds. The Kier molecular flexibility index (Phi) is 5.44. The number of nitrogens with zero attached hydrogens (tertiary/aromatic N) is 2. The van der Waals surface area contributed by atoms with Crippen LogP contribution in [0.5, 0.6) is 0 Å². The first-order valence-corrected chi connectivity index (χ1v) is 10.8. The third kappa shape index (κ3) is 4.26. The van der Waals surface area contributed by atoms with E-state index in [1.807, 2.05) is 0 Å². The number of rotatable bonds is 4. The van der Waals surface area contributed by atoms with Crippen LogP contribution in [0.15, 0.2) is 16.8 Å². The maximum atomic E-state index is 12.5. The van der Waals surface area contributed by atoms with Gasteiger partial charge in [-0.3, -0.25) is 9.69 Å². The lowest BCUT2D eigenvalue weighted by molar-refractivity contribution is -0.141. The molecule has 4 heterocycles. The van der Waals surface area contributed by atoms with Crippen molar-refractivity contribution >= 4 is 17.2 Å². The van der Waals surface area contributed by atoms with Crippen molar-refractivity contribution in [3.8, 4) is 0 Å². The molecule has 0 bridgehead atoms. The zero-order chi connectivity index (χ0) is 17.1. The fourth-order valence-electron chi connectivity index (χ4n) is 4.75. The number of carbonyl (C=O) groups excluding carboxylic acids is 1. The second-order valence-corrected chi connectivity index (χ2v) is 8.87. The molecule has 0 aromatic carbocycles. The van der Waals surface area contributed by atoms with Crippen molar-refractivity contribution in [1.29, 1.82) is 0 Å². The van der Waals surface area contributed by atoms with Gasteiger partial charge in [-0.05, 0) is 66.8 Å². The van der Waals surface area contributed by atoms with Gasteiger partial charge < -0.3 is 9.64 Å². The highest BCUT2D eigenvalue weighted by Gasteiger charge is 2.41. The van der Waals surface area contributed by atoms with E-state index in [9.17, 15) is 4.79 Å². The highest BCUT2D eigenvalue weighted by atomic mass is 32.1. The van der Waals surface area contributed by atoms with Crippen LogP contribution in [0, 0.1) is 5.92 Å². The standard InChI is InChI=1S/C20H30N2O2S/c23-19(22-7-1-2-8-22)13-17-3-11-24-20(14-17)5-9-21(10-6-20)15-18-4-12-25-16-18/h4,12,16-17H,1-3,5-11,13-15H2. The Morgan fingerprint density at radius 2 is 2.04 bits per heavy atom. The van der Waals surface area contributed by atoms with E-state index in [0.717, 1.165) is 71.4 Å². The minimum atomic E-state index is 0.0410. The lowest BCUT2D eigenvalue weighted by atomic mass is 9.78. The molecule has 1 unspecified atom stereocenters. The summed E-state index contributed by atoms with van der Waals surface area (Å²) in [5.41, 5.74) is 1.47. The largest absolute Gasteiger partial charge is 0.375 e. The Hall–Kier alpha value is -0.910. The maximum absolute atomic E-state index is 12.5. The first-order valence-electron chi connectivity index (χ1n) is 9.88. The number of hydrogen-bond acceptors (Lipinski definition) is 4. The van der Waals surface area contributed by atoms with Crippen LogP contribution in [-0.4, -0.2) is 54.1 Å². The molecule has 138 valence electrons. The third-order valence-corrected chi connectivity index (χ3v) is 7.00. The van der Waals surface area contributed by atoms with Gasteiger partial charge in [0.25, 0.3) is 0 Å². The summed E-state index contributed by atoms with van der Waals surface area (Å²) in [6.45, 7) is 6.08. The summed E-state index contributed by atoms with van der Waals surface area (Å²) in [5, 5.41) is 4.41. The van der Waals surface area contributed by atoms with Crippen LogP contribution in [-0.2, 0) is 16.1 Å². The van der Waals surface area contributed by atoms with Crippen molar-refractivity contribution in [1.82, 2.24) is 9.80 Å². The summed E-state index contributed by atoms with van der Waals surface area (Å²) in [6.07, 6.45) is 7.48. The van der Waals surface area contributed by atoms with E-state index < -0.39 is 0 Å². The first-order chi connectivity index (χ1) is 12.2. The highest BCUT2D eigenvalue weighted by molar-refractivity contribution is 7.07. The number of amides is 1. The molecule has 3 fully saturated rings. The van der Waals surface area contributed by atoms with Gasteiger partial charge in [0.05, 0.1) is 5.60 Å². The van der Waals surface area contributed by atoms with E-state index in [2.05, 4.69) is 26.6 Å². The van der Waals surface area contributed by atoms with Crippen LogP contribution in [0.2, 0.25) is 0 Å². The van der Waals surface area contributed by atoms with Gasteiger partial charge in [0, 0.05) is 45.8 Å². The SMILES string of the molecule is O=C(CC1CCOC2(CCN(Cc3ccsc3)CC2)C1)N1CCCC1. The molecule has 1 aromatic rings. The lowest BCUT2D eigenvalue weighted by Crippen LogP contribution is -2.49. The van der Waals surface area contributed by atoms with Crippen LogP contribution in [0.4, 0.5) is 0 Å². The summed E-state index contributed by atoms with van der Waals surface area (Å²) < 4.78 is 6.28. The molecule has 25 heavy (non-hydrogen) atoms. The molecule has 3 saturated heterocycles. The van der Waals surface area contributed by atoms with Gasteiger partial charge in [0.1, 0.15) is 0 Å². The Balaban J connectivity index is 1.28. The molecule has 3 aliphatic heterocycles. The van der Waals surface area contributed by atoms with Crippen LogP contribution in [0.3, 0.4) is 0 Å². The lowest BCUT2D eigenvalue weighted by Gasteiger charge is -2.46. The molecular formula is C20H30N2O2S. The summed E-state index contributed by atoms with van der Waals surface area (Å²) in [7, 11) is 0. The van der Waals surface area contributed by atoms with Crippen molar-refractivity contribution in [2.45, 2.75) is 57.1 Å². The van der Waals surface area contributed by atoms with Gasteiger partial charge in [-0.2, -0.15) is 11.3 Å². The highest BCUT2D eigenvalue weighted by Crippen LogP contribution is 2.39. The topological polar surface area (TPSA) is 32.8 Å². The second kappa shape index (κ2) is 7.77. The van der Waals surface area contributed by atoms with E-state index in [1.165, 1.54) is 18.4 Å². The summed E-state index contributed by atoms with van der Waals surface area (Å²) in [6, 6.07) is 2.23. The molecule has 5 heteroatoms. The van der Waals surface area contributed by atoms with Gasteiger partial charge in [-0.25, -0.2) is 0 Å². The molecule has 3 aliphatic rings. The number of hydrogen-bond donors (Lipinski definition) is 0. The molecule has 4 nitrogen and oxygen atoms in total. The molecule has 1 aromatic heterocycles. The predicted octanol–water partition coefficient (Wildman–Crippen LogP) is 3.52. The smallest absolute Gasteiger partial charge is 0.222 e. The molecule has 1 spiro atoms. The fourth-order valence-corrected chi connectivity index (χ4v) is 5.41. The zero-order valence-corrected chi connectivity index (χ0v) is 15.9. The van der Waals surface area contributed by atoms with E-state index in [4.69, 9.17) is 4.74 Å². The van der Waals surface area contributed by atoms with E-state index >= 15 is 0 Å². The van der Waals surface area contributed by atoms with Crippen LogP contribution in [0.25, 0.3) is 0 Å². The van der Waals surface area contributed by atoms with Crippen molar-refractivity contribution in [3.63, 3.8) is 0 Å². The van der Waals surface area contributed by atoms with E-state index in [0.29, 0.717) is 11.8 Å². The molecule has 0 N–H and O–H groups in total. The molecule has 1 atom stereocenters. The van der Waals surface area contributed by atoms with E-state index in [1.54, 1.807) is 11.3 Å². The number of piperidine rings is 1. The number of thiophene rings is 1. The van der Waals surface area contributed by atoms with Crippen LogP contribution < -0.4 is 0 Å². The Morgan fingerprint density at radius 1 is 1.24 bits per heavy atom. The minimum Gasteiger partial charge on any atom is -0.375 e. The maximum Gasteiger partial charge on any atom is 0.222 e. The summed E-state index contributed by atoms with van der Waals surface area (Å²) in [5.74, 6) is 0.903. The molecule has 0 radical (unpaired) electrons. The zero-order valence-electron chi connectivity index (χ0n) is 15.1. The third-order valence-electron chi connectivity index (χ3n) is 6.27. The van der Waals surface area contributed by atoms with Crippen molar-refractivity contribution in [3.05, 3.63) is 22.4 Å². The molecule has 0 saturated carbocycles. The van der Waals surface area contributed by atoms with Crippen molar-refractivity contribution in [2.24, 2.45) is 5.92 Å². The molecular weight excluding hydrogens is 332 g/mol. The van der Waals surface area contributed by atoms with Crippen molar-refractivity contribution in [2.75, 3.05) is 32.8 Å². The number of ether oxygens (including phenoxy) is 1. The van der Waals surface area contributed by atoms with Gasteiger partial charge in [0.2, 0.25) is 5.91 Å².